The van der Waals surface area contributed by atoms with E-state index in [1.165, 1.54) is 31.5 Å². The Balaban J connectivity index is 1.21. The Bertz CT molecular complexity index is 1070. The summed E-state index contributed by atoms with van der Waals surface area (Å²) in [5.41, 5.74) is 2.62. The molecule has 0 spiro atoms. The molecule has 3 saturated heterocycles. The average molecular weight is 515 g/mol. The number of carbonyl (C=O) groups is 1. The van der Waals surface area contributed by atoms with E-state index in [0.29, 0.717) is 35.0 Å². The van der Waals surface area contributed by atoms with Crippen LogP contribution in [0.5, 0.6) is 0 Å². The van der Waals surface area contributed by atoms with Crippen LogP contribution in [0.3, 0.4) is 0 Å². The Morgan fingerprint density at radius 1 is 1.09 bits per heavy atom. The van der Waals surface area contributed by atoms with Crippen LogP contribution >= 0.6 is 23.2 Å². The summed E-state index contributed by atoms with van der Waals surface area (Å²) in [5, 5.41) is 7.77. The van der Waals surface area contributed by atoms with Crippen molar-refractivity contribution in [2.75, 3.05) is 38.0 Å². The highest BCUT2D eigenvalue weighted by Crippen LogP contribution is 2.27. The fourth-order valence-corrected chi connectivity index (χ4v) is 5.85. The van der Waals surface area contributed by atoms with Crippen molar-refractivity contribution in [3.63, 3.8) is 0 Å². The van der Waals surface area contributed by atoms with Gasteiger partial charge in [0.05, 0.1) is 12.2 Å². The second kappa shape index (κ2) is 11.3. The van der Waals surface area contributed by atoms with Gasteiger partial charge >= 0.3 is 0 Å². The SMILES string of the molecule is O=C(CCc1ccc(Cl)cc1Cl)Nc1ccc(N=C(CN2CCCCC2)N2CC3CC2CN3)cc1. The summed E-state index contributed by atoms with van der Waals surface area (Å²) in [6.07, 6.45) is 6.02. The molecule has 3 aliphatic rings. The van der Waals surface area contributed by atoms with Crippen molar-refractivity contribution < 1.29 is 4.79 Å². The van der Waals surface area contributed by atoms with Crippen LogP contribution in [0, 0.1) is 0 Å². The lowest BCUT2D eigenvalue weighted by molar-refractivity contribution is -0.116. The third-order valence-electron chi connectivity index (χ3n) is 7.25. The number of anilines is 1. The van der Waals surface area contributed by atoms with Gasteiger partial charge in [0.15, 0.2) is 0 Å². The minimum absolute atomic E-state index is 0.0429. The Morgan fingerprint density at radius 2 is 1.89 bits per heavy atom. The topological polar surface area (TPSA) is 60.0 Å². The monoisotopic (exact) mass is 513 g/mol. The standard InChI is InChI=1S/C27H33Cl2N5O/c28-20-6-4-19(25(29)14-20)5-11-27(35)32-22-9-7-21(8-10-22)31-26(18-33-12-2-1-3-13-33)34-17-23-15-24(34)16-30-23/h4,6-10,14,23-24,30H,1-3,5,11-13,15-18H2,(H,32,35). The van der Waals surface area contributed by atoms with Crippen LogP contribution in [-0.2, 0) is 11.2 Å². The maximum Gasteiger partial charge on any atom is 0.224 e. The van der Waals surface area contributed by atoms with Gasteiger partial charge in [-0.3, -0.25) is 9.69 Å². The highest BCUT2D eigenvalue weighted by molar-refractivity contribution is 6.35. The van der Waals surface area contributed by atoms with E-state index in [1.54, 1.807) is 12.1 Å². The predicted molar refractivity (Wildman–Crippen MR) is 144 cm³/mol. The largest absolute Gasteiger partial charge is 0.353 e. The molecule has 2 aromatic rings. The molecule has 3 fully saturated rings. The van der Waals surface area contributed by atoms with Gasteiger partial charge in [0, 0.05) is 47.3 Å². The number of hydrogen-bond acceptors (Lipinski definition) is 4. The number of rotatable bonds is 7. The van der Waals surface area contributed by atoms with E-state index in [4.69, 9.17) is 28.2 Å². The summed E-state index contributed by atoms with van der Waals surface area (Å²) in [7, 11) is 0. The predicted octanol–water partition coefficient (Wildman–Crippen LogP) is 5.13. The van der Waals surface area contributed by atoms with E-state index in [-0.39, 0.29) is 5.91 Å². The lowest BCUT2D eigenvalue weighted by Crippen LogP contribution is -2.50. The first-order valence-electron chi connectivity index (χ1n) is 12.7. The molecule has 3 heterocycles. The molecule has 2 bridgehead atoms. The van der Waals surface area contributed by atoms with E-state index in [2.05, 4.69) is 20.4 Å². The fourth-order valence-electron chi connectivity index (χ4n) is 5.35. The maximum absolute atomic E-state index is 12.5. The van der Waals surface area contributed by atoms with Crippen molar-refractivity contribution in [1.29, 1.82) is 0 Å². The number of fused-ring (bicyclic) bond motifs is 2. The number of nitrogens with one attached hydrogen (secondary N) is 2. The van der Waals surface area contributed by atoms with Crippen molar-refractivity contribution in [2.45, 2.75) is 50.6 Å². The Labute approximate surface area is 217 Å². The van der Waals surface area contributed by atoms with Crippen LogP contribution in [0.15, 0.2) is 47.5 Å². The van der Waals surface area contributed by atoms with E-state index in [9.17, 15) is 4.79 Å². The number of aryl methyl sites for hydroxylation is 1. The van der Waals surface area contributed by atoms with Gasteiger partial charge in [-0.2, -0.15) is 0 Å². The number of piperazine rings is 1. The molecule has 186 valence electrons. The quantitative estimate of drug-likeness (QED) is 0.398. The molecule has 0 radical (unpaired) electrons. The summed E-state index contributed by atoms with van der Waals surface area (Å²) in [6.45, 7) is 5.32. The number of halogens is 2. The number of benzene rings is 2. The highest BCUT2D eigenvalue weighted by Gasteiger charge is 2.39. The van der Waals surface area contributed by atoms with Crippen molar-refractivity contribution in [1.82, 2.24) is 15.1 Å². The number of likely N-dealkylation sites (tertiary alicyclic amines) is 2. The van der Waals surface area contributed by atoms with Gasteiger partial charge in [-0.05, 0) is 80.7 Å². The normalized spacial score (nSPS) is 22.6. The number of piperidine rings is 1. The zero-order valence-electron chi connectivity index (χ0n) is 20.0. The molecule has 3 aliphatic heterocycles. The van der Waals surface area contributed by atoms with Gasteiger partial charge in [-0.15, -0.1) is 0 Å². The van der Waals surface area contributed by atoms with E-state index < -0.39 is 0 Å². The number of carbonyl (C=O) groups excluding carboxylic acids is 1. The first-order chi connectivity index (χ1) is 17.0. The van der Waals surface area contributed by atoms with E-state index >= 15 is 0 Å². The molecule has 35 heavy (non-hydrogen) atoms. The zero-order valence-corrected chi connectivity index (χ0v) is 21.5. The van der Waals surface area contributed by atoms with Crippen LogP contribution in [-0.4, -0.2) is 66.4 Å². The molecule has 0 saturated carbocycles. The summed E-state index contributed by atoms with van der Waals surface area (Å²) < 4.78 is 0. The molecule has 2 aromatic carbocycles. The number of amides is 1. The van der Waals surface area contributed by atoms with Gasteiger partial charge < -0.3 is 15.5 Å². The van der Waals surface area contributed by atoms with Gasteiger partial charge in [0.25, 0.3) is 0 Å². The number of hydrogen-bond donors (Lipinski definition) is 2. The first-order valence-corrected chi connectivity index (χ1v) is 13.4. The maximum atomic E-state index is 12.5. The Morgan fingerprint density at radius 3 is 2.57 bits per heavy atom. The Kier molecular flexibility index (Phi) is 7.93. The smallest absolute Gasteiger partial charge is 0.224 e. The van der Waals surface area contributed by atoms with Crippen molar-refractivity contribution in [3.8, 4) is 0 Å². The van der Waals surface area contributed by atoms with Crippen LogP contribution in [0.4, 0.5) is 11.4 Å². The molecular weight excluding hydrogens is 481 g/mol. The number of nitrogens with zero attached hydrogens (tertiary/aromatic N) is 3. The lowest BCUT2D eigenvalue weighted by atomic mass is 10.1. The first kappa shape index (κ1) is 24.6. The molecule has 2 unspecified atom stereocenters. The van der Waals surface area contributed by atoms with Crippen LogP contribution < -0.4 is 10.6 Å². The molecule has 8 heteroatoms. The fraction of sp³-hybridized carbons (Fsp3) is 0.481. The number of amidine groups is 1. The van der Waals surface area contributed by atoms with Gasteiger partial charge in [-0.1, -0.05) is 35.7 Å². The minimum Gasteiger partial charge on any atom is -0.353 e. The van der Waals surface area contributed by atoms with Crippen molar-refractivity contribution >= 4 is 46.3 Å². The van der Waals surface area contributed by atoms with Crippen molar-refractivity contribution in [3.05, 3.63) is 58.1 Å². The van der Waals surface area contributed by atoms with Crippen LogP contribution in [0.25, 0.3) is 0 Å². The zero-order chi connectivity index (χ0) is 24.2. The minimum atomic E-state index is -0.0429. The van der Waals surface area contributed by atoms with Crippen LogP contribution in [0.2, 0.25) is 10.0 Å². The molecule has 0 aliphatic carbocycles. The van der Waals surface area contributed by atoms with Crippen molar-refractivity contribution in [2.24, 2.45) is 4.99 Å². The van der Waals surface area contributed by atoms with E-state index in [0.717, 1.165) is 49.7 Å². The molecule has 2 atom stereocenters. The molecule has 1 amide bonds. The molecule has 6 nitrogen and oxygen atoms in total. The molecule has 0 aromatic heterocycles. The number of aliphatic imine (C=N–C) groups is 1. The Hall–Kier alpha value is -2.12. The molecule has 5 rings (SSSR count). The summed E-state index contributed by atoms with van der Waals surface area (Å²) >= 11 is 12.2. The third kappa shape index (κ3) is 6.36. The van der Waals surface area contributed by atoms with Gasteiger partial charge in [-0.25, -0.2) is 4.99 Å². The second-order valence-corrected chi connectivity index (χ2v) is 10.7. The highest BCUT2D eigenvalue weighted by atomic mass is 35.5. The van der Waals surface area contributed by atoms with E-state index in [1.807, 2.05) is 30.3 Å². The van der Waals surface area contributed by atoms with Crippen LogP contribution in [0.1, 0.15) is 37.7 Å². The molecular formula is C27H33Cl2N5O. The summed E-state index contributed by atoms with van der Waals surface area (Å²) in [4.78, 5) is 22.6. The summed E-state index contributed by atoms with van der Waals surface area (Å²) in [5.74, 6) is 1.14. The van der Waals surface area contributed by atoms with Gasteiger partial charge in [0.1, 0.15) is 5.84 Å². The lowest BCUT2D eigenvalue weighted by Gasteiger charge is -2.34. The van der Waals surface area contributed by atoms with Gasteiger partial charge in [0.2, 0.25) is 5.91 Å². The molecule has 2 N–H and O–H groups in total. The second-order valence-electron chi connectivity index (χ2n) is 9.84. The third-order valence-corrected chi connectivity index (χ3v) is 7.83. The summed E-state index contributed by atoms with van der Waals surface area (Å²) in [6, 6.07) is 14.4. The average Bonchev–Trinajstić information content (AvgIpc) is 3.49.